The van der Waals surface area contributed by atoms with Gasteiger partial charge < -0.3 is 4.42 Å². The fourth-order valence-electron chi connectivity index (χ4n) is 4.17. The number of pyridine rings is 1. The van der Waals surface area contributed by atoms with Crippen LogP contribution < -0.4 is 4.57 Å². The number of furan rings is 1. The number of aryl methyl sites for hydroxylation is 3. The SMILES string of the molecule is Cc1ccc2c(oc3c(-c4cccc[n+]4C)c(C)ccc32)c1-c1ccccc1. The first-order valence-electron chi connectivity index (χ1n) is 9.61. The summed E-state index contributed by atoms with van der Waals surface area (Å²) in [7, 11) is 2.08. The molecule has 0 N–H and O–H groups in total. The molecule has 0 aliphatic rings. The van der Waals surface area contributed by atoms with Crippen molar-refractivity contribution in [3.05, 3.63) is 90.1 Å². The second kappa shape index (κ2) is 6.35. The van der Waals surface area contributed by atoms with E-state index in [0.29, 0.717) is 0 Å². The fourth-order valence-corrected chi connectivity index (χ4v) is 4.17. The Morgan fingerprint density at radius 3 is 1.93 bits per heavy atom. The average Bonchev–Trinajstić information content (AvgIpc) is 3.07. The van der Waals surface area contributed by atoms with Gasteiger partial charge in [-0.3, -0.25) is 0 Å². The van der Waals surface area contributed by atoms with Crippen LogP contribution in [0, 0.1) is 13.8 Å². The van der Waals surface area contributed by atoms with Gasteiger partial charge in [-0.15, -0.1) is 0 Å². The van der Waals surface area contributed by atoms with Crippen LogP contribution in [0.15, 0.2) is 83.4 Å². The molecule has 0 radical (unpaired) electrons. The lowest BCUT2D eigenvalue weighted by Gasteiger charge is -2.06. The Labute approximate surface area is 164 Å². The highest BCUT2D eigenvalue weighted by Gasteiger charge is 2.21. The van der Waals surface area contributed by atoms with Crippen LogP contribution in [0.25, 0.3) is 44.3 Å². The summed E-state index contributed by atoms with van der Waals surface area (Å²) in [6.45, 7) is 4.30. The van der Waals surface area contributed by atoms with Crippen LogP contribution in [0.3, 0.4) is 0 Å². The van der Waals surface area contributed by atoms with E-state index in [9.17, 15) is 0 Å². The molecule has 0 amide bonds. The Bertz CT molecular complexity index is 1330. The molecular weight excluding hydrogens is 342 g/mol. The molecule has 0 saturated carbocycles. The lowest BCUT2D eigenvalue weighted by Crippen LogP contribution is -2.30. The van der Waals surface area contributed by atoms with Crippen LogP contribution in [0.1, 0.15) is 11.1 Å². The van der Waals surface area contributed by atoms with Gasteiger partial charge in [0, 0.05) is 28.5 Å². The van der Waals surface area contributed by atoms with Gasteiger partial charge in [-0.05, 0) is 36.6 Å². The molecule has 136 valence electrons. The molecule has 0 aliphatic heterocycles. The average molecular weight is 364 g/mol. The molecule has 0 spiro atoms. The number of hydrogen-bond donors (Lipinski definition) is 0. The van der Waals surface area contributed by atoms with E-state index in [1.807, 2.05) is 0 Å². The van der Waals surface area contributed by atoms with E-state index < -0.39 is 0 Å². The molecular formula is C26H22NO+. The van der Waals surface area contributed by atoms with Crippen LogP contribution in [0.5, 0.6) is 0 Å². The second-order valence-corrected chi connectivity index (χ2v) is 7.43. The van der Waals surface area contributed by atoms with Crippen LogP contribution >= 0.6 is 0 Å². The fraction of sp³-hybridized carbons (Fsp3) is 0.115. The zero-order valence-corrected chi connectivity index (χ0v) is 16.4. The first kappa shape index (κ1) is 16.8. The van der Waals surface area contributed by atoms with Crippen molar-refractivity contribution < 1.29 is 8.98 Å². The standard InChI is InChI=1S/C26H22NO/c1-17-12-14-20-21-15-13-18(2)24(22-11-7-8-16-27(22)3)26(21)28-25(20)23(17)19-9-5-4-6-10-19/h4-16H,1-3H3/q+1. The third-order valence-electron chi connectivity index (χ3n) is 5.60. The molecule has 0 unspecified atom stereocenters. The number of fused-ring (bicyclic) bond motifs is 3. The van der Waals surface area contributed by atoms with Crippen molar-refractivity contribution >= 4 is 21.9 Å². The van der Waals surface area contributed by atoms with Gasteiger partial charge in [-0.2, -0.15) is 0 Å². The van der Waals surface area contributed by atoms with E-state index in [0.717, 1.165) is 27.8 Å². The quantitative estimate of drug-likeness (QED) is 0.333. The summed E-state index contributed by atoms with van der Waals surface area (Å²) in [5.41, 5.74) is 9.04. The minimum Gasteiger partial charge on any atom is -0.454 e. The Morgan fingerprint density at radius 1 is 0.643 bits per heavy atom. The molecule has 5 aromatic rings. The van der Waals surface area contributed by atoms with Crippen molar-refractivity contribution in [2.75, 3.05) is 0 Å². The number of nitrogens with zero attached hydrogens (tertiary/aromatic N) is 1. The van der Waals surface area contributed by atoms with Gasteiger partial charge in [0.2, 0.25) is 5.69 Å². The molecule has 28 heavy (non-hydrogen) atoms. The molecule has 0 aliphatic carbocycles. The molecule has 5 rings (SSSR count). The molecule has 0 atom stereocenters. The first-order chi connectivity index (χ1) is 13.6. The summed E-state index contributed by atoms with van der Waals surface area (Å²) in [6.07, 6.45) is 2.08. The molecule has 2 heteroatoms. The zero-order chi connectivity index (χ0) is 19.3. The van der Waals surface area contributed by atoms with Crippen LogP contribution in [-0.4, -0.2) is 0 Å². The molecule has 2 aromatic heterocycles. The molecule has 0 fully saturated rings. The van der Waals surface area contributed by atoms with Crippen molar-refractivity contribution in [1.29, 1.82) is 0 Å². The van der Waals surface area contributed by atoms with E-state index in [1.165, 1.54) is 27.6 Å². The number of hydrogen-bond acceptors (Lipinski definition) is 1. The van der Waals surface area contributed by atoms with E-state index in [2.05, 4.69) is 104 Å². The topological polar surface area (TPSA) is 17.0 Å². The van der Waals surface area contributed by atoms with Crippen LogP contribution in [0.2, 0.25) is 0 Å². The lowest BCUT2D eigenvalue weighted by atomic mass is 9.96. The number of aromatic nitrogens is 1. The van der Waals surface area contributed by atoms with Crippen molar-refractivity contribution in [1.82, 2.24) is 0 Å². The largest absolute Gasteiger partial charge is 0.454 e. The maximum Gasteiger partial charge on any atom is 0.216 e. The van der Waals surface area contributed by atoms with Crippen molar-refractivity contribution in [2.45, 2.75) is 13.8 Å². The third kappa shape index (κ3) is 2.45. The van der Waals surface area contributed by atoms with Gasteiger partial charge in [0.1, 0.15) is 18.2 Å². The minimum atomic E-state index is 0.958. The number of rotatable bonds is 2. The van der Waals surface area contributed by atoms with Crippen molar-refractivity contribution in [2.24, 2.45) is 7.05 Å². The summed E-state index contributed by atoms with van der Waals surface area (Å²) < 4.78 is 8.78. The third-order valence-corrected chi connectivity index (χ3v) is 5.60. The summed E-state index contributed by atoms with van der Waals surface area (Å²) in [5.74, 6) is 0. The highest BCUT2D eigenvalue weighted by Crippen LogP contribution is 2.41. The van der Waals surface area contributed by atoms with E-state index >= 15 is 0 Å². The molecule has 0 saturated heterocycles. The smallest absolute Gasteiger partial charge is 0.216 e. The Hall–Kier alpha value is -3.39. The predicted octanol–water partition coefficient (Wildman–Crippen LogP) is 6.36. The highest BCUT2D eigenvalue weighted by atomic mass is 16.3. The molecule has 2 heterocycles. The highest BCUT2D eigenvalue weighted by molar-refractivity contribution is 6.13. The molecule has 2 nitrogen and oxygen atoms in total. The minimum absolute atomic E-state index is 0.958. The summed E-state index contributed by atoms with van der Waals surface area (Å²) in [5, 5.41) is 2.33. The second-order valence-electron chi connectivity index (χ2n) is 7.43. The van der Waals surface area contributed by atoms with E-state index in [-0.39, 0.29) is 0 Å². The molecule has 3 aromatic carbocycles. The number of benzene rings is 3. The normalized spacial score (nSPS) is 11.4. The van der Waals surface area contributed by atoms with E-state index in [1.54, 1.807) is 0 Å². The lowest BCUT2D eigenvalue weighted by molar-refractivity contribution is -0.660. The summed E-state index contributed by atoms with van der Waals surface area (Å²) in [6, 6.07) is 25.6. The van der Waals surface area contributed by atoms with Gasteiger partial charge >= 0.3 is 0 Å². The molecule has 0 bridgehead atoms. The van der Waals surface area contributed by atoms with Gasteiger partial charge in [-0.1, -0.05) is 54.6 Å². The van der Waals surface area contributed by atoms with Crippen molar-refractivity contribution in [3.63, 3.8) is 0 Å². The first-order valence-corrected chi connectivity index (χ1v) is 9.61. The Morgan fingerprint density at radius 2 is 1.25 bits per heavy atom. The van der Waals surface area contributed by atoms with Gasteiger partial charge in [0.25, 0.3) is 0 Å². The summed E-state index contributed by atoms with van der Waals surface area (Å²) >= 11 is 0. The van der Waals surface area contributed by atoms with Gasteiger partial charge in [-0.25, -0.2) is 4.57 Å². The van der Waals surface area contributed by atoms with Crippen molar-refractivity contribution in [3.8, 4) is 22.4 Å². The zero-order valence-electron chi connectivity index (χ0n) is 16.4. The van der Waals surface area contributed by atoms with Gasteiger partial charge in [0.05, 0.1) is 5.56 Å². The predicted molar refractivity (Wildman–Crippen MR) is 115 cm³/mol. The maximum absolute atomic E-state index is 6.63. The van der Waals surface area contributed by atoms with Crippen LogP contribution in [-0.2, 0) is 7.05 Å². The van der Waals surface area contributed by atoms with Gasteiger partial charge in [0.15, 0.2) is 6.20 Å². The van der Waals surface area contributed by atoms with Crippen LogP contribution in [0.4, 0.5) is 0 Å². The monoisotopic (exact) mass is 364 g/mol. The Balaban J connectivity index is 1.92. The Kier molecular flexibility index (Phi) is 3.80. The maximum atomic E-state index is 6.63. The summed E-state index contributed by atoms with van der Waals surface area (Å²) in [4.78, 5) is 0. The van der Waals surface area contributed by atoms with E-state index in [4.69, 9.17) is 4.42 Å².